The van der Waals surface area contributed by atoms with E-state index in [1.165, 1.54) is 0 Å². The molecule has 0 aromatic heterocycles. The highest BCUT2D eigenvalue weighted by atomic mass is 16.6. The van der Waals surface area contributed by atoms with Gasteiger partial charge in [0.25, 0.3) is 0 Å². The summed E-state index contributed by atoms with van der Waals surface area (Å²) in [4.78, 5) is 10.4. The highest BCUT2D eigenvalue weighted by Crippen LogP contribution is 2.01. The lowest BCUT2D eigenvalue weighted by Crippen LogP contribution is -1.88. The Hall–Kier alpha value is -2.62. The Morgan fingerprint density at radius 2 is 1.09 bits per heavy atom. The molecule has 0 fully saturated rings. The van der Waals surface area contributed by atoms with Crippen molar-refractivity contribution in [3.05, 3.63) is 71.8 Å². The van der Waals surface area contributed by atoms with E-state index in [9.17, 15) is 0 Å². The molecule has 0 aliphatic rings. The van der Waals surface area contributed by atoms with E-state index in [0.29, 0.717) is 13.2 Å². The van der Waals surface area contributed by atoms with Crippen LogP contribution in [0.25, 0.3) is 0 Å². The molecule has 0 saturated heterocycles. The molecule has 120 valence electrons. The lowest BCUT2D eigenvalue weighted by molar-refractivity contribution is 0.131. The maximum Gasteiger partial charge on any atom is 0.142 e. The molecule has 2 aromatic rings. The molecular weight excluding hydrogens is 288 g/mol. The molecule has 4 heteroatoms. The van der Waals surface area contributed by atoms with Crippen LogP contribution in [-0.2, 0) is 22.9 Å². The molecule has 0 saturated carbocycles. The van der Waals surface area contributed by atoms with Crippen molar-refractivity contribution >= 4 is 12.4 Å². The third kappa shape index (κ3) is 7.81. The van der Waals surface area contributed by atoms with Crippen molar-refractivity contribution in [1.29, 1.82) is 0 Å². The van der Waals surface area contributed by atoms with Crippen LogP contribution in [0.5, 0.6) is 0 Å². The van der Waals surface area contributed by atoms with Gasteiger partial charge in [0.05, 0.1) is 0 Å². The predicted molar refractivity (Wildman–Crippen MR) is 93.3 cm³/mol. The van der Waals surface area contributed by atoms with Crippen LogP contribution in [0, 0.1) is 0 Å². The largest absolute Gasteiger partial charge is 0.391 e. The maximum atomic E-state index is 5.22. The summed E-state index contributed by atoms with van der Waals surface area (Å²) in [5, 5.41) is 7.88. The average Bonchev–Trinajstić information content (AvgIpc) is 2.61. The second-order valence-corrected chi connectivity index (χ2v) is 5.02. The monoisotopic (exact) mass is 310 g/mol. The molecule has 4 nitrogen and oxygen atoms in total. The molecule has 23 heavy (non-hydrogen) atoms. The molecule has 0 aliphatic heterocycles. The van der Waals surface area contributed by atoms with Crippen molar-refractivity contribution in [2.24, 2.45) is 10.3 Å². The van der Waals surface area contributed by atoms with Gasteiger partial charge in [0, 0.05) is 12.4 Å². The normalized spacial score (nSPS) is 11.1. The SMILES string of the molecule is C(CCCC=NOCc1ccccc1)=NOCc1ccccc1. The zero-order valence-electron chi connectivity index (χ0n) is 13.2. The quantitative estimate of drug-likeness (QED) is 0.367. The molecule has 0 heterocycles. The second-order valence-electron chi connectivity index (χ2n) is 5.02. The van der Waals surface area contributed by atoms with E-state index in [1.54, 1.807) is 12.4 Å². The number of unbranched alkanes of at least 4 members (excludes halogenated alkanes) is 2. The first kappa shape index (κ1) is 16.7. The van der Waals surface area contributed by atoms with E-state index in [2.05, 4.69) is 10.3 Å². The fraction of sp³-hybridized carbons (Fsp3) is 0.263. The summed E-state index contributed by atoms with van der Waals surface area (Å²) in [6.07, 6.45) is 6.28. The van der Waals surface area contributed by atoms with Crippen molar-refractivity contribution in [2.45, 2.75) is 32.5 Å². The molecule has 0 amide bonds. The van der Waals surface area contributed by atoms with E-state index < -0.39 is 0 Å². The van der Waals surface area contributed by atoms with Crippen LogP contribution in [0.15, 0.2) is 71.0 Å². The van der Waals surface area contributed by atoms with Gasteiger partial charge in [0.1, 0.15) is 13.2 Å². The Morgan fingerprint density at radius 1 is 0.652 bits per heavy atom. The van der Waals surface area contributed by atoms with Crippen molar-refractivity contribution in [1.82, 2.24) is 0 Å². The van der Waals surface area contributed by atoms with Crippen LogP contribution in [0.2, 0.25) is 0 Å². The molecule has 0 radical (unpaired) electrons. The third-order valence-electron chi connectivity index (χ3n) is 3.11. The van der Waals surface area contributed by atoms with Gasteiger partial charge in [-0.3, -0.25) is 0 Å². The zero-order valence-corrected chi connectivity index (χ0v) is 13.2. The third-order valence-corrected chi connectivity index (χ3v) is 3.11. The molecule has 0 unspecified atom stereocenters. The van der Waals surface area contributed by atoms with E-state index in [0.717, 1.165) is 30.4 Å². The fourth-order valence-corrected chi connectivity index (χ4v) is 1.88. The summed E-state index contributed by atoms with van der Waals surface area (Å²) >= 11 is 0. The van der Waals surface area contributed by atoms with Crippen molar-refractivity contribution in [3.63, 3.8) is 0 Å². The Morgan fingerprint density at radius 3 is 1.52 bits per heavy atom. The van der Waals surface area contributed by atoms with Crippen LogP contribution in [0.1, 0.15) is 30.4 Å². The number of benzene rings is 2. The van der Waals surface area contributed by atoms with Gasteiger partial charge in [0.2, 0.25) is 0 Å². The Bertz CT molecular complexity index is 529. The minimum Gasteiger partial charge on any atom is -0.391 e. The van der Waals surface area contributed by atoms with Gasteiger partial charge in [-0.25, -0.2) is 0 Å². The van der Waals surface area contributed by atoms with Crippen molar-refractivity contribution in [3.8, 4) is 0 Å². The summed E-state index contributed by atoms with van der Waals surface area (Å²) in [5.74, 6) is 0. The summed E-state index contributed by atoms with van der Waals surface area (Å²) in [6.45, 7) is 1.01. The van der Waals surface area contributed by atoms with Crippen LogP contribution in [0.4, 0.5) is 0 Å². The van der Waals surface area contributed by atoms with Gasteiger partial charge >= 0.3 is 0 Å². The second kappa shape index (κ2) is 11.0. The zero-order chi connectivity index (χ0) is 16.0. The van der Waals surface area contributed by atoms with E-state index >= 15 is 0 Å². The van der Waals surface area contributed by atoms with Crippen LogP contribution in [0.3, 0.4) is 0 Å². The molecule has 0 bridgehead atoms. The number of hydrogen-bond donors (Lipinski definition) is 0. The van der Waals surface area contributed by atoms with Crippen LogP contribution < -0.4 is 0 Å². The molecule has 0 atom stereocenters. The first-order valence-electron chi connectivity index (χ1n) is 7.80. The topological polar surface area (TPSA) is 43.2 Å². The predicted octanol–water partition coefficient (Wildman–Crippen LogP) is 4.56. The lowest BCUT2D eigenvalue weighted by atomic mass is 10.2. The van der Waals surface area contributed by atoms with Crippen LogP contribution >= 0.6 is 0 Å². The summed E-state index contributed by atoms with van der Waals surface area (Å²) in [6, 6.07) is 20.0. The highest BCUT2D eigenvalue weighted by Gasteiger charge is 1.90. The molecule has 0 aliphatic carbocycles. The Kier molecular flexibility index (Phi) is 8.02. The minimum atomic E-state index is 0.506. The molecule has 2 rings (SSSR count). The van der Waals surface area contributed by atoms with Gasteiger partial charge in [-0.2, -0.15) is 0 Å². The highest BCUT2D eigenvalue weighted by molar-refractivity contribution is 5.59. The van der Waals surface area contributed by atoms with Crippen molar-refractivity contribution < 1.29 is 9.68 Å². The molecular formula is C19H22N2O2. The summed E-state index contributed by atoms with van der Waals surface area (Å²) in [7, 11) is 0. The van der Waals surface area contributed by atoms with Gasteiger partial charge in [-0.1, -0.05) is 71.0 Å². The maximum absolute atomic E-state index is 5.22. The van der Waals surface area contributed by atoms with E-state index in [1.807, 2.05) is 60.7 Å². The first-order valence-corrected chi connectivity index (χ1v) is 7.80. The van der Waals surface area contributed by atoms with E-state index in [-0.39, 0.29) is 0 Å². The molecule has 0 spiro atoms. The van der Waals surface area contributed by atoms with Gasteiger partial charge < -0.3 is 9.68 Å². The summed E-state index contributed by atoms with van der Waals surface area (Å²) < 4.78 is 0. The van der Waals surface area contributed by atoms with Gasteiger partial charge in [-0.05, 0) is 30.4 Å². The van der Waals surface area contributed by atoms with Crippen LogP contribution in [-0.4, -0.2) is 12.4 Å². The minimum absolute atomic E-state index is 0.506. The first-order chi connectivity index (χ1) is 11.4. The number of hydrogen-bond acceptors (Lipinski definition) is 4. The Labute approximate surface area is 137 Å². The van der Waals surface area contributed by atoms with Gasteiger partial charge in [-0.15, -0.1) is 0 Å². The smallest absolute Gasteiger partial charge is 0.142 e. The summed E-state index contributed by atoms with van der Waals surface area (Å²) in [5.41, 5.74) is 2.24. The number of nitrogens with zero attached hydrogens (tertiary/aromatic N) is 2. The van der Waals surface area contributed by atoms with Crippen molar-refractivity contribution in [2.75, 3.05) is 0 Å². The Balaban J connectivity index is 1.46. The average molecular weight is 310 g/mol. The number of rotatable bonds is 10. The van der Waals surface area contributed by atoms with Gasteiger partial charge in [0.15, 0.2) is 0 Å². The van der Waals surface area contributed by atoms with E-state index in [4.69, 9.17) is 9.68 Å². The fourth-order valence-electron chi connectivity index (χ4n) is 1.88. The standard InChI is InChI=1S/C19H22N2O2/c1-4-10-18(11-5-1)16-22-20-14-8-3-9-15-21-23-17-19-12-6-2-7-13-19/h1-2,4-7,10-15H,3,8-9,16-17H2. The number of oxime groups is 2. The molecule has 2 aromatic carbocycles. The molecule has 0 N–H and O–H groups in total. The lowest BCUT2D eigenvalue weighted by Gasteiger charge is -1.99.